The highest BCUT2D eigenvalue weighted by molar-refractivity contribution is 7.99. The van der Waals surface area contributed by atoms with Gasteiger partial charge in [0.25, 0.3) is 0 Å². The minimum absolute atomic E-state index is 0.900. The summed E-state index contributed by atoms with van der Waals surface area (Å²) in [5.41, 5.74) is 0. The number of hydrogen-bond acceptors (Lipinski definition) is 2. The van der Waals surface area contributed by atoms with Crippen molar-refractivity contribution in [3.05, 3.63) is 0 Å². The molecule has 2 heteroatoms. The summed E-state index contributed by atoms with van der Waals surface area (Å²) < 4.78 is 0. The molecule has 0 saturated heterocycles. The molecule has 0 radical (unpaired) electrons. The Balaban J connectivity index is 1.58. The summed E-state index contributed by atoms with van der Waals surface area (Å²) in [6, 6.07) is 0.900. The molecule has 16 heavy (non-hydrogen) atoms. The smallest absolute Gasteiger partial charge is 0.00683 e. The molecule has 1 N–H and O–H groups in total. The maximum Gasteiger partial charge on any atom is 0.00683 e. The Kier molecular flexibility index (Phi) is 5.51. The number of rotatable bonds is 8. The summed E-state index contributed by atoms with van der Waals surface area (Å²) in [6.45, 7) is 3.58. The van der Waals surface area contributed by atoms with Crippen molar-refractivity contribution in [1.29, 1.82) is 0 Å². The maximum atomic E-state index is 3.72. The normalized spacial score (nSPS) is 29.8. The molecular formula is C14H27NS. The van der Waals surface area contributed by atoms with E-state index in [9.17, 15) is 0 Å². The van der Waals surface area contributed by atoms with E-state index in [0.717, 1.165) is 17.9 Å². The highest BCUT2D eigenvalue weighted by Gasteiger charge is 2.28. The Morgan fingerprint density at radius 1 is 1.12 bits per heavy atom. The van der Waals surface area contributed by atoms with Gasteiger partial charge >= 0.3 is 0 Å². The topological polar surface area (TPSA) is 12.0 Å². The third-order valence-corrected chi connectivity index (χ3v) is 5.12. The largest absolute Gasteiger partial charge is 0.314 e. The molecule has 94 valence electrons. The Bertz CT molecular complexity index is 191. The minimum atomic E-state index is 0.900. The van der Waals surface area contributed by atoms with E-state index in [1.165, 1.54) is 63.0 Å². The SMILES string of the molecule is CCSCCCC1CCCC1CNC1CC1. The lowest BCUT2D eigenvalue weighted by molar-refractivity contribution is 0.345. The van der Waals surface area contributed by atoms with Gasteiger partial charge in [0.2, 0.25) is 0 Å². The Morgan fingerprint density at radius 2 is 1.94 bits per heavy atom. The second-order valence-corrected chi connectivity index (χ2v) is 6.87. The summed E-state index contributed by atoms with van der Waals surface area (Å²) in [6.07, 6.45) is 10.3. The average molecular weight is 241 g/mol. The molecule has 1 nitrogen and oxygen atoms in total. The maximum absolute atomic E-state index is 3.72. The van der Waals surface area contributed by atoms with E-state index in [-0.39, 0.29) is 0 Å². The predicted octanol–water partition coefficient (Wildman–Crippen LogP) is 3.69. The fraction of sp³-hybridized carbons (Fsp3) is 1.00. The Labute approximate surface area is 105 Å². The van der Waals surface area contributed by atoms with Gasteiger partial charge in [0.15, 0.2) is 0 Å². The van der Waals surface area contributed by atoms with E-state index < -0.39 is 0 Å². The molecule has 2 fully saturated rings. The Morgan fingerprint density at radius 3 is 2.69 bits per heavy atom. The molecule has 2 aliphatic rings. The minimum Gasteiger partial charge on any atom is -0.314 e. The van der Waals surface area contributed by atoms with Crippen molar-refractivity contribution >= 4 is 11.8 Å². The van der Waals surface area contributed by atoms with Crippen molar-refractivity contribution in [2.45, 2.75) is 57.9 Å². The van der Waals surface area contributed by atoms with Crippen LogP contribution in [0.15, 0.2) is 0 Å². The van der Waals surface area contributed by atoms with Crippen LogP contribution in [0.1, 0.15) is 51.9 Å². The molecule has 2 aliphatic carbocycles. The molecule has 0 aliphatic heterocycles. The van der Waals surface area contributed by atoms with Crippen molar-refractivity contribution in [1.82, 2.24) is 5.32 Å². The monoisotopic (exact) mass is 241 g/mol. The first kappa shape index (κ1) is 12.8. The van der Waals surface area contributed by atoms with Crippen LogP contribution in [0, 0.1) is 11.8 Å². The molecule has 0 amide bonds. The lowest BCUT2D eigenvalue weighted by Gasteiger charge is -2.20. The average Bonchev–Trinajstić information content (AvgIpc) is 3.02. The molecule has 0 aromatic rings. The molecular weight excluding hydrogens is 214 g/mol. The van der Waals surface area contributed by atoms with Crippen LogP contribution in [0.2, 0.25) is 0 Å². The van der Waals surface area contributed by atoms with Crippen molar-refractivity contribution in [2.24, 2.45) is 11.8 Å². The first-order chi connectivity index (χ1) is 7.90. The lowest BCUT2D eigenvalue weighted by atomic mass is 9.92. The molecule has 2 atom stereocenters. The van der Waals surface area contributed by atoms with Crippen molar-refractivity contribution in [3.63, 3.8) is 0 Å². The zero-order chi connectivity index (χ0) is 11.2. The second-order valence-electron chi connectivity index (χ2n) is 5.47. The zero-order valence-electron chi connectivity index (χ0n) is 10.7. The summed E-state index contributed by atoms with van der Waals surface area (Å²) in [5, 5.41) is 3.72. The molecule has 0 heterocycles. The standard InChI is InChI=1S/C14H27NS/c1-2-16-10-4-7-12-5-3-6-13(12)11-15-14-8-9-14/h12-15H,2-11H2,1H3. The van der Waals surface area contributed by atoms with E-state index in [2.05, 4.69) is 24.0 Å². The van der Waals surface area contributed by atoms with Crippen LogP contribution in [0.25, 0.3) is 0 Å². The van der Waals surface area contributed by atoms with E-state index in [4.69, 9.17) is 0 Å². The third kappa shape index (κ3) is 4.29. The number of nitrogens with one attached hydrogen (secondary N) is 1. The molecule has 2 rings (SSSR count). The van der Waals surface area contributed by atoms with E-state index in [1.807, 2.05) is 0 Å². The van der Waals surface area contributed by atoms with Crippen molar-refractivity contribution in [3.8, 4) is 0 Å². The summed E-state index contributed by atoms with van der Waals surface area (Å²) in [4.78, 5) is 0. The van der Waals surface area contributed by atoms with Crippen LogP contribution in [-0.2, 0) is 0 Å². The quantitative estimate of drug-likeness (QED) is 0.651. The first-order valence-corrected chi connectivity index (χ1v) is 8.36. The van der Waals surface area contributed by atoms with Crippen LogP contribution in [-0.4, -0.2) is 24.1 Å². The molecule has 0 aromatic carbocycles. The van der Waals surface area contributed by atoms with E-state index >= 15 is 0 Å². The summed E-state index contributed by atoms with van der Waals surface area (Å²) in [5.74, 6) is 4.73. The van der Waals surface area contributed by atoms with E-state index in [1.54, 1.807) is 0 Å². The molecule has 2 unspecified atom stereocenters. The van der Waals surface area contributed by atoms with E-state index in [0.29, 0.717) is 0 Å². The molecule has 0 spiro atoms. The second kappa shape index (κ2) is 6.90. The van der Waals surface area contributed by atoms with Crippen LogP contribution >= 0.6 is 11.8 Å². The van der Waals surface area contributed by atoms with Crippen LogP contribution in [0.5, 0.6) is 0 Å². The fourth-order valence-corrected chi connectivity index (χ4v) is 3.62. The van der Waals surface area contributed by atoms with Gasteiger partial charge in [-0.2, -0.15) is 11.8 Å². The zero-order valence-corrected chi connectivity index (χ0v) is 11.5. The van der Waals surface area contributed by atoms with Crippen LogP contribution in [0.3, 0.4) is 0 Å². The summed E-state index contributed by atoms with van der Waals surface area (Å²) >= 11 is 2.11. The Hall–Kier alpha value is 0.310. The van der Waals surface area contributed by atoms with Crippen molar-refractivity contribution in [2.75, 3.05) is 18.1 Å². The predicted molar refractivity (Wildman–Crippen MR) is 74.1 cm³/mol. The highest BCUT2D eigenvalue weighted by Crippen LogP contribution is 2.35. The van der Waals surface area contributed by atoms with Gasteiger partial charge in [0.05, 0.1) is 0 Å². The first-order valence-electron chi connectivity index (χ1n) is 7.21. The number of hydrogen-bond donors (Lipinski definition) is 1. The van der Waals surface area contributed by atoms with Gasteiger partial charge in [-0.25, -0.2) is 0 Å². The van der Waals surface area contributed by atoms with Gasteiger partial charge in [-0.1, -0.05) is 19.8 Å². The lowest BCUT2D eigenvalue weighted by Crippen LogP contribution is -2.27. The molecule has 2 saturated carbocycles. The molecule has 0 bridgehead atoms. The van der Waals surface area contributed by atoms with Gasteiger partial charge in [-0.05, 0) is 62.0 Å². The van der Waals surface area contributed by atoms with Crippen molar-refractivity contribution < 1.29 is 0 Å². The van der Waals surface area contributed by atoms with Gasteiger partial charge < -0.3 is 5.32 Å². The van der Waals surface area contributed by atoms with Gasteiger partial charge in [-0.3, -0.25) is 0 Å². The number of thioether (sulfide) groups is 1. The van der Waals surface area contributed by atoms with Gasteiger partial charge in [-0.15, -0.1) is 0 Å². The third-order valence-electron chi connectivity index (χ3n) is 4.13. The highest BCUT2D eigenvalue weighted by atomic mass is 32.2. The molecule has 0 aromatic heterocycles. The summed E-state index contributed by atoms with van der Waals surface area (Å²) in [7, 11) is 0. The van der Waals surface area contributed by atoms with Gasteiger partial charge in [0.1, 0.15) is 0 Å². The van der Waals surface area contributed by atoms with Gasteiger partial charge in [0, 0.05) is 6.04 Å². The fourth-order valence-electron chi connectivity index (χ4n) is 2.96. The van der Waals surface area contributed by atoms with Crippen LogP contribution in [0.4, 0.5) is 0 Å². The van der Waals surface area contributed by atoms with Crippen LogP contribution < -0.4 is 5.32 Å².